The van der Waals surface area contributed by atoms with E-state index in [0.29, 0.717) is 43.6 Å². The summed E-state index contributed by atoms with van der Waals surface area (Å²) < 4.78 is 0. The molecular weight excluding hydrogens is 366 g/mol. The van der Waals surface area contributed by atoms with Crippen molar-refractivity contribution in [1.29, 1.82) is 0 Å². The summed E-state index contributed by atoms with van der Waals surface area (Å²) in [6.45, 7) is 4.65. The molecule has 1 atom stereocenters. The molecule has 1 aromatic carbocycles. The maximum atomic E-state index is 12.8. The van der Waals surface area contributed by atoms with E-state index in [1.54, 1.807) is 29.6 Å². The molecule has 1 fully saturated rings. The van der Waals surface area contributed by atoms with Gasteiger partial charge in [0.25, 0.3) is 5.91 Å². The molecular formula is C21H23N7O. The van der Waals surface area contributed by atoms with Crippen molar-refractivity contribution in [3.05, 3.63) is 72.4 Å². The second-order valence-electron chi connectivity index (χ2n) is 6.89. The largest absolute Gasteiger partial charge is 0.362 e. The lowest BCUT2D eigenvalue weighted by molar-refractivity contribution is 0.0740. The molecule has 148 valence electrons. The summed E-state index contributed by atoms with van der Waals surface area (Å²) >= 11 is 0. The molecule has 4 rings (SSSR count). The summed E-state index contributed by atoms with van der Waals surface area (Å²) in [6, 6.07) is 12.0. The van der Waals surface area contributed by atoms with Crippen molar-refractivity contribution in [2.45, 2.75) is 13.0 Å². The maximum absolute atomic E-state index is 12.8. The highest BCUT2D eigenvalue weighted by Crippen LogP contribution is 2.17. The van der Waals surface area contributed by atoms with E-state index in [1.807, 2.05) is 18.2 Å². The zero-order valence-electron chi connectivity index (χ0n) is 16.3. The summed E-state index contributed by atoms with van der Waals surface area (Å²) in [7, 11) is 0. The average molecular weight is 389 g/mol. The lowest BCUT2D eigenvalue weighted by Crippen LogP contribution is -2.49. The minimum atomic E-state index is -0.103. The second kappa shape index (κ2) is 8.64. The Morgan fingerprint density at radius 2 is 1.66 bits per heavy atom. The van der Waals surface area contributed by atoms with Gasteiger partial charge in [-0.3, -0.25) is 4.79 Å². The highest BCUT2D eigenvalue weighted by atomic mass is 16.2. The summed E-state index contributed by atoms with van der Waals surface area (Å²) in [4.78, 5) is 33.9. The van der Waals surface area contributed by atoms with E-state index >= 15 is 0 Å². The van der Waals surface area contributed by atoms with Crippen molar-refractivity contribution in [2.75, 3.05) is 36.4 Å². The van der Waals surface area contributed by atoms with E-state index in [4.69, 9.17) is 0 Å². The average Bonchev–Trinajstić information content (AvgIpc) is 2.80. The number of anilines is 2. The second-order valence-corrected chi connectivity index (χ2v) is 6.89. The number of nitrogens with zero attached hydrogens (tertiary/aromatic N) is 6. The van der Waals surface area contributed by atoms with Gasteiger partial charge in [0, 0.05) is 44.6 Å². The summed E-state index contributed by atoms with van der Waals surface area (Å²) in [5, 5.41) is 3.31. The highest BCUT2D eigenvalue weighted by molar-refractivity contribution is 5.92. The third-order valence-electron chi connectivity index (χ3n) is 4.94. The first-order chi connectivity index (χ1) is 14.2. The van der Waals surface area contributed by atoms with E-state index in [9.17, 15) is 4.79 Å². The van der Waals surface area contributed by atoms with Gasteiger partial charge in [-0.15, -0.1) is 0 Å². The van der Waals surface area contributed by atoms with Crippen molar-refractivity contribution in [1.82, 2.24) is 24.8 Å². The molecule has 0 spiro atoms. The molecule has 0 radical (unpaired) electrons. The van der Waals surface area contributed by atoms with E-state index in [1.165, 1.54) is 6.20 Å². The Morgan fingerprint density at radius 3 is 2.31 bits per heavy atom. The predicted octanol–water partition coefficient (Wildman–Crippen LogP) is 2.40. The van der Waals surface area contributed by atoms with Crippen molar-refractivity contribution >= 4 is 17.7 Å². The SMILES string of the molecule is CC(Nc1cnc(C(=O)N2CCN(c3ncccn3)CC2)cn1)c1ccccc1. The molecule has 8 nitrogen and oxygen atoms in total. The lowest BCUT2D eigenvalue weighted by atomic mass is 10.1. The molecule has 2 aromatic heterocycles. The lowest BCUT2D eigenvalue weighted by Gasteiger charge is -2.34. The van der Waals surface area contributed by atoms with Crippen LogP contribution in [0.5, 0.6) is 0 Å². The van der Waals surface area contributed by atoms with Crippen LogP contribution in [-0.4, -0.2) is 56.9 Å². The summed E-state index contributed by atoms with van der Waals surface area (Å²) in [6.07, 6.45) is 6.60. The highest BCUT2D eigenvalue weighted by Gasteiger charge is 2.24. The molecule has 29 heavy (non-hydrogen) atoms. The minimum Gasteiger partial charge on any atom is -0.362 e. The fraction of sp³-hybridized carbons (Fsp3) is 0.286. The molecule has 1 aliphatic rings. The van der Waals surface area contributed by atoms with E-state index in [2.05, 4.69) is 49.2 Å². The number of carbonyl (C=O) groups excluding carboxylic acids is 1. The normalized spacial score (nSPS) is 15.1. The van der Waals surface area contributed by atoms with Gasteiger partial charge in [-0.05, 0) is 18.6 Å². The minimum absolute atomic E-state index is 0.0975. The molecule has 0 saturated carbocycles. The standard InChI is InChI=1S/C21H23N7O/c1-16(17-6-3-2-4-7-17)26-19-15-24-18(14-25-19)20(29)27-10-12-28(13-11-27)21-22-8-5-9-23-21/h2-9,14-16H,10-13H2,1H3,(H,25,26). The monoisotopic (exact) mass is 389 g/mol. The number of benzene rings is 1. The number of nitrogens with one attached hydrogen (secondary N) is 1. The first kappa shape index (κ1) is 18.8. The number of aromatic nitrogens is 4. The zero-order valence-corrected chi connectivity index (χ0v) is 16.3. The molecule has 1 N–H and O–H groups in total. The molecule has 1 amide bonds. The van der Waals surface area contributed by atoms with Gasteiger partial charge >= 0.3 is 0 Å². The number of rotatable bonds is 5. The van der Waals surface area contributed by atoms with Crippen LogP contribution in [0.15, 0.2) is 61.2 Å². The van der Waals surface area contributed by atoms with Crippen LogP contribution in [0, 0.1) is 0 Å². The van der Waals surface area contributed by atoms with Gasteiger partial charge in [0.15, 0.2) is 0 Å². The number of hydrogen-bond donors (Lipinski definition) is 1. The zero-order chi connectivity index (χ0) is 20.1. The third-order valence-corrected chi connectivity index (χ3v) is 4.94. The quantitative estimate of drug-likeness (QED) is 0.717. The predicted molar refractivity (Wildman–Crippen MR) is 111 cm³/mol. The Labute approximate surface area is 169 Å². The van der Waals surface area contributed by atoms with Crippen LogP contribution in [0.25, 0.3) is 0 Å². The number of piperazine rings is 1. The van der Waals surface area contributed by atoms with Gasteiger partial charge in [0.2, 0.25) is 5.95 Å². The molecule has 1 unspecified atom stereocenters. The third kappa shape index (κ3) is 4.48. The van der Waals surface area contributed by atoms with Crippen LogP contribution in [0.2, 0.25) is 0 Å². The van der Waals surface area contributed by atoms with E-state index in [-0.39, 0.29) is 11.9 Å². The van der Waals surface area contributed by atoms with Crippen molar-refractivity contribution in [2.24, 2.45) is 0 Å². The molecule has 3 aromatic rings. The van der Waals surface area contributed by atoms with Gasteiger partial charge in [-0.2, -0.15) is 0 Å². The van der Waals surface area contributed by atoms with Crippen LogP contribution in [0.1, 0.15) is 29.0 Å². The molecule has 1 saturated heterocycles. The van der Waals surface area contributed by atoms with Crippen LogP contribution in [0.4, 0.5) is 11.8 Å². The van der Waals surface area contributed by atoms with Crippen LogP contribution < -0.4 is 10.2 Å². The Bertz CT molecular complexity index is 926. The number of carbonyl (C=O) groups is 1. The van der Waals surface area contributed by atoms with Crippen LogP contribution in [-0.2, 0) is 0 Å². The van der Waals surface area contributed by atoms with Crippen LogP contribution in [0.3, 0.4) is 0 Å². The van der Waals surface area contributed by atoms with E-state index < -0.39 is 0 Å². The molecule has 1 aliphatic heterocycles. The van der Waals surface area contributed by atoms with Crippen LogP contribution >= 0.6 is 0 Å². The van der Waals surface area contributed by atoms with Gasteiger partial charge in [-0.25, -0.2) is 19.9 Å². The van der Waals surface area contributed by atoms with Crippen molar-refractivity contribution in [3.63, 3.8) is 0 Å². The fourth-order valence-electron chi connectivity index (χ4n) is 3.29. The molecule has 0 aliphatic carbocycles. The Hall–Kier alpha value is -3.55. The van der Waals surface area contributed by atoms with Gasteiger partial charge in [0.1, 0.15) is 11.5 Å². The first-order valence-corrected chi connectivity index (χ1v) is 9.65. The number of amides is 1. The smallest absolute Gasteiger partial charge is 0.274 e. The molecule has 3 heterocycles. The summed E-state index contributed by atoms with van der Waals surface area (Å²) in [5.41, 5.74) is 1.52. The van der Waals surface area contributed by atoms with Crippen molar-refractivity contribution < 1.29 is 4.79 Å². The first-order valence-electron chi connectivity index (χ1n) is 9.65. The molecule has 0 bridgehead atoms. The molecule has 8 heteroatoms. The van der Waals surface area contributed by atoms with Gasteiger partial charge < -0.3 is 15.1 Å². The Balaban J connectivity index is 1.34. The van der Waals surface area contributed by atoms with E-state index in [0.717, 1.165) is 5.56 Å². The fourth-order valence-corrected chi connectivity index (χ4v) is 3.29. The van der Waals surface area contributed by atoms with Gasteiger partial charge in [-0.1, -0.05) is 30.3 Å². The van der Waals surface area contributed by atoms with Gasteiger partial charge in [0.05, 0.1) is 12.4 Å². The van der Waals surface area contributed by atoms with Crippen molar-refractivity contribution in [3.8, 4) is 0 Å². The summed E-state index contributed by atoms with van der Waals surface area (Å²) in [5.74, 6) is 1.24. The topological polar surface area (TPSA) is 87.1 Å². The number of hydrogen-bond acceptors (Lipinski definition) is 7. The maximum Gasteiger partial charge on any atom is 0.274 e. The Kier molecular flexibility index (Phi) is 5.60. The Morgan fingerprint density at radius 1 is 0.931 bits per heavy atom.